The summed E-state index contributed by atoms with van der Waals surface area (Å²) < 4.78 is 10.1. The van der Waals surface area contributed by atoms with Crippen molar-refractivity contribution in [2.75, 3.05) is 14.2 Å². The van der Waals surface area contributed by atoms with Crippen LogP contribution in [0.2, 0.25) is 0 Å². The molecule has 0 heterocycles. The molecule has 18 heavy (non-hydrogen) atoms. The smallest absolute Gasteiger partial charge is 0.326 e. The van der Waals surface area contributed by atoms with Crippen LogP contribution in [0.1, 0.15) is 17.5 Å². The second-order valence-corrected chi connectivity index (χ2v) is 4.42. The second-order valence-electron chi connectivity index (χ2n) is 4.42. The molecular weight excluding hydrogens is 254 g/mol. The Labute approximate surface area is 113 Å². The van der Waals surface area contributed by atoms with Crippen molar-refractivity contribution >= 4 is 18.4 Å². The maximum absolute atomic E-state index is 11.7. The first-order valence-corrected chi connectivity index (χ1v) is 5.63. The highest BCUT2D eigenvalue weighted by Gasteiger charge is 2.39. The van der Waals surface area contributed by atoms with Gasteiger partial charge in [-0.2, -0.15) is 0 Å². The molecule has 0 saturated heterocycles. The van der Waals surface area contributed by atoms with Crippen molar-refractivity contribution in [3.8, 4) is 5.75 Å². The lowest BCUT2D eigenvalue weighted by Gasteiger charge is -2.32. The summed E-state index contributed by atoms with van der Waals surface area (Å²) >= 11 is 0. The van der Waals surface area contributed by atoms with Gasteiger partial charge in [-0.15, -0.1) is 12.4 Å². The maximum atomic E-state index is 11.7. The molecule has 1 unspecified atom stereocenters. The fourth-order valence-electron chi connectivity index (χ4n) is 2.41. The van der Waals surface area contributed by atoms with E-state index in [-0.39, 0.29) is 18.4 Å². The van der Waals surface area contributed by atoms with E-state index in [2.05, 4.69) is 0 Å². The SMILES string of the molecule is COC(=O)C1(N)CCc2c(cccc2OC)C1.Cl. The molecule has 1 aromatic rings. The Morgan fingerprint density at radius 3 is 2.72 bits per heavy atom. The summed E-state index contributed by atoms with van der Waals surface area (Å²) in [6, 6.07) is 5.84. The molecule has 100 valence electrons. The molecular formula is C13H18ClNO3. The number of esters is 1. The number of carbonyl (C=O) groups is 1. The minimum atomic E-state index is -0.895. The number of rotatable bonds is 2. The molecule has 0 aliphatic heterocycles. The molecule has 1 atom stereocenters. The molecule has 0 spiro atoms. The lowest BCUT2D eigenvalue weighted by Crippen LogP contribution is -2.52. The van der Waals surface area contributed by atoms with E-state index in [0.717, 1.165) is 23.3 Å². The molecule has 2 N–H and O–H groups in total. The van der Waals surface area contributed by atoms with E-state index in [4.69, 9.17) is 15.2 Å². The van der Waals surface area contributed by atoms with Gasteiger partial charge in [0.2, 0.25) is 0 Å². The number of benzene rings is 1. The Morgan fingerprint density at radius 1 is 1.39 bits per heavy atom. The average molecular weight is 272 g/mol. The standard InChI is InChI=1S/C13H17NO3.ClH/c1-16-11-5-3-4-9-8-13(14,12(15)17-2)7-6-10(9)11;/h3-5H,6-8,14H2,1-2H3;1H. The van der Waals surface area contributed by atoms with Gasteiger partial charge in [0.05, 0.1) is 14.2 Å². The van der Waals surface area contributed by atoms with Gasteiger partial charge >= 0.3 is 5.97 Å². The summed E-state index contributed by atoms with van der Waals surface area (Å²) in [5, 5.41) is 0. The number of carbonyl (C=O) groups excluding carboxylic acids is 1. The fourth-order valence-corrected chi connectivity index (χ4v) is 2.41. The maximum Gasteiger partial charge on any atom is 0.326 e. The zero-order valence-electron chi connectivity index (χ0n) is 10.6. The third kappa shape index (κ3) is 2.44. The molecule has 1 aromatic carbocycles. The molecule has 0 radical (unpaired) electrons. The van der Waals surface area contributed by atoms with E-state index in [9.17, 15) is 4.79 Å². The van der Waals surface area contributed by atoms with Crippen LogP contribution in [0.15, 0.2) is 18.2 Å². The first kappa shape index (κ1) is 14.8. The van der Waals surface area contributed by atoms with E-state index in [1.165, 1.54) is 7.11 Å². The molecule has 2 rings (SSSR count). The van der Waals surface area contributed by atoms with Crippen molar-refractivity contribution in [3.63, 3.8) is 0 Å². The van der Waals surface area contributed by atoms with Crippen LogP contribution in [-0.4, -0.2) is 25.7 Å². The number of methoxy groups -OCH3 is 2. The van der Waals surface area contributed by atoms with Gasteiger partial charge in [0.1, 0.15) is 11.3 Å². The number of halogens is 1. The summed E-state index contributed by atoms with van der Waals surface area (Å²) in [6.45, 7) is 0. The monoisotopic (exact) mass is 271 g/mol. The first-order chi connectivity index (χ1) is 8.10. The summed E-state index contributed by atoms with van der Waals surface area (Å²) in [5.74, 6) is 0.528. The molecule has 0 aromatic heterocycles. The van der Waals surface area contributed by atoms with Gasteiger partial charge in [0.15, 0.2) is 0 Å². The highest BCUT2D eigenvalue weighted by molar-refractivity contribution is 5.85. The lowest BCUT2D eigenvalue weighted by molar-refractivity contribution is -0.147. The molecule has 0 saturated carbocycles. The van der Waals surface area contributed by atoms with Crippen molar-refractivity contribution in [1.29, 1.82) is 0 Å². The first-order valence-electron chi connectivity index (χ1n) is 5.63. The Bertz CT molecular complexity index is 450. The summed E-state index contributed by atoms with van der Waals surface area (Å²) in [7, 11) is 3.03. The van der Waals surface area contributed by atoms with Crippen molar-refractivity contribution in [2.45, 2.75) is 24.8 Å². The van der Waals surface area contributed by atoms with Crippen LogP contribution in [0, 0.1) is 0 Å². The summed E-state index contributed by atoms with van der Waals surface area (Å²) in [4.78, 5) is 11.7. The average Bonchev–Trinajstić information content (AvgIpc) is 2.36. The van der Waals surface area contributed by atoms with Gasteiger partial charge in [0.25, 0.3) is 0 Å². The molecule has 4 nitrogen and oxygen atoms in total. The molecule has 0 fully saturated rings. The Morgan fingerprint density at radius 2 is 2.11 bits per heavy atom. The fraction of sp³-hybridized carbons (Fsp3) is 0.462. The minimum Gasteiger partial charge on any atom is -0.496 e. The van der Waals surface area contributed by atoms with Gasteiger partial charge in [-0.1, -0.05) is 12.1 Å². The number of hydrogen-bond donors (Lipinski definition) is 1. The van der Waals surface area contributed by atoms with E-state index in [0.29, 0.717) is 12.8 Å². The predicted molar refractivity (Wildman–Crippen MR) is 71.2 cm³/mol. The second kappa shape index (κ2) is 5.59. The van der Waals surface area contributed by atoms with Crippen molar-refractivity contribution in [2.24, 2.45) is 5.73 Å². The van der Waals surface area contributed by atoms with Crippen LogP contribution in [0.5, 0.6) is 5.75 Å². The van der Waals surface area contributed by atoms with Gasteiger partial charge in [0, 0.05) is 6.42 Å². The summed E-state index contributed by atoms with van der Waals surface area (Å²) in [5.41, 5.74) is 7.43. The van der Waals surface area contributed by atoms with Crippen molar-refractivity contribution in [1.82, 2.24) is 0 Å². The van der Waals surface area contributed by atoms with E-state index < -0.39 is 5.54 Å². The van der Waals surface area contributed by atoms with Gasteiger partial charge in [-0.25, -0.2) is 0 Å². The largest absolute Gasteiger partial charge is 0.496 e. The number of nitrogens with two attached hydrogens (primary N) is 1. The van der Waals surface area contributed by atoms with Crippen molar-refractivity contribution in [3.05, 3.63) is 29.3 Å². The Hall–Kier alpha value is -1.26. The third-order valence-corrected chi connectivity index (χ3v) is 3.37. The van der Waals surface area contributed by atoms with Crippen LogP contribution in [-0.2, 0) is 22.4 Å². The van der Waals surface area contributed by atoms with Crippen LogP contribution in [0.25, 0.3) is 0 Å². The number of ether oxygens (including phenoxy) is 2. The topological polar surface area (TPSA) is 61.5 Å². The van der Waals surface area contributed by atoms with Crippen LogP contribution in [0.4, 0.5) is 0 Å². The van der Waals surface area contributed by atoms with E-state index >= 15 is 0 Å². The number of hydrogen-bond acceptors (Lipinski definition) is 4. The highest BCUT2D eigenvalue weighted by Crippen LogP contribution is 2.33. The molecule has 1 aliphatic rings. The van der Waals surface area contributed by atoms with Crippen LogP contribution < -0.4 is 10.5 Å². The third-order valence-electron chi connectivity index (χ3n) is 3.37. The molecule has 0 amide bonds. The lowest BCUT2D eigenvalue weighted by atomic mass is 9.78. The zero-order valence-corrected chi connectivity index (χ0v) is 11.4. The summed E-state index contributed by atoms with van der Waals surface area (Å²) in [6.07, 6.45) is 1.84. The molecule has 5 heteroatoms. The van der Waals surface area contributed by atoms with Gasteiger partial charge in [-0.05, 0) is 30.0 Å². The minimum absolute atomic E-state index is 0. The van der Waals surface area contributed by atoms with E-state index in [1.807, 2.05) is 18.2 Å². The van der Waals surface area contributed by atoms with Gasteiger partial charge in [-0.3, -0.25) is 4.79 Å². The predicted octanol–water partition coefficient (Wildman–Crippen LogP) is 1.48. The van der Waals surface area contributed by atoms with Crippen LogP contribution >= 0.6 is 12.4 Å². The Kier molecular flexibility index (Phi) is 4.59. The highest BCUT2D eigenvalue weighted by atomic mass is 35.5. The molecule has 1 aliphatic carbocycles. The van der Waals surface area contributed by atoms with Crippen LogP contribution in [0.3, 0.4) is 0 Å². The Balaban J connectivity index is 0.00000162. The van der Waals surface area contributed by atoms with E-state index in [1.54, 1.807) is 7.11 Å². The number of fused-ring (bicyclic) bond motifs is 1. The quantitative estimate of drug-likeness (QED) is 0.828. The normalized spacial score (nSPS) is 21.5. The molecule has 0 bridgehead atoms. The zero-order chi connectivity index (χ0) is 12.5. The van der Waals surface area contributed by atoms with Crippen molar-refractivity contribution < 1.29 is 14.3 Å². The van der Waals surface area contributed by atoms with Gasteiger partial charge < -0.3 is 15.2 Å².